The number of anilines is 1. The molecule has 1 aliphatic rings. The molecular formula is C26H24F6N6O2. The smallest absolute Gasteiger partial charge is 0.397 e. The molecule has 212 valence electrons. The van der Waals surface area contributed by atoms with Crippen LogP contribution in [-0.2, 0) is 25.1 Å². The Kier molecular flexibility index (Phi) is 7.98. The number of aromatic amines is 1. The Bertz CT molecular complexity index is 1660. The quantitative estimate of drug-likeness (QED) is 0.253. The molecule has 8 nitrogen and oxygen atoms in total. The predicted octanol–water partition coefficient (Wildman–Crippen LogP) is 5.20. The van der Waals surface area contributed by atoms with Crippen LogP contribution in [0.1, 0.15) is 49.3 Å². The first-order valence-corrected chi connectivity index (χ1v) is 12.3. The van der Waals surface area contributed by atoms with Gasteiger partial charge in [-0.2, -0.15) is 18.3 Å². The number of fused-ring (bicyclic) bond motifs is 2. The molecule has 0 bridgehead atoms. The normalized spacial score (nSPS) is 14.1. The van der Waals surface area contributed by atoms with Crippen molar-refractivity contribution in [3.8, 4) is 11.3 Å². The van der Waals surface area contributed by atoms with Crippen molar-refractivity contribution in [2.75, 3.05) is 5.73 Å². The highest BCUT2D eigenvalue weighted by atomic mass is 19.4. The minimum atomic E-state index is -4.74. The summed E-state index contributed by atoms with van der Waals surface area (Å²) >= 11 is 0. The number of unbranched alkanes of at least 4 members (excludes halogenated alkanes) is 2. The van der Waals surface area contributed by atoms with E-state index < -0.39 is 34.7 Å². The Morgan fingerprint density at radius 3 is 2.50 bits per heavy atom. The van der Waals surface area contributed by atoms with Crippen LogP contribution in [0.5, 0.6) is 0 Å². The van der Waals surface area contributed by atoms with Crippen molar-refractivity contribution < 1.29 is 26.3 Å². The average Bonchev–Trinajstić information content (AvgIpc) is 3.19. The van der Waals surface area contributed by atoms with E-state index in [1.165, 1.54) is 29.1 Å². The zero-order chi connectivity index (χ0) is 29.2. The SMILES string of the molecule is CCCCCn1cnc2cc(-c3cc4c(cn3)C(F)(F)CC4)c(F)cc2c1=O.Nc1cn[nH]c(=O)c1C(F)(F)F. The number of benzene rings is 1. The van der Waals surface area contributed by atoms with Crippen LogP contribution in [0.3, 0.4) is 0 Å². The first kappa shape index (κ1) is 28.8. The zero-order valence-electron chi connectivity index (χ0n) is 21.2. The van der Waals surface area contributed by atoms with Crippen LogP contribution in [0, 0.1) is 5.82 Å². The molecule has 3 heterocycles. The van der Waals surface area contributed by atoms with E-state index in [0.29, 0.717) is 17.6 Å². The largest absolute Gasteiger partial charge is 0.423 e. The summed E-state index contributed by atoms with van der Waals surface area (Å²) in [6.45, 7) is 2.62. The van der Waals surface area contributed by atoms with Crippen LogP contribution in [0.2, 0.25) is 0 Å². The molecule has 0 aliphatic heterocycles. The molecule has 3 N–H and O–H groups in total. The summed E-state index contributed by atoms with van der Waals surface area (Å²) in [5.74, 6) is -3.50. The van der Waals surface area contributed by atoms with Gasteiger partial charge in [-0.3, -0.25) is 19.1 Å². The number of alkyl halides is 5. The number of hydrogen-bond donors (Lipinski definition) is 2. The van der Waals surface area contributed by atoms with Crippen molar-refractivity contribution in [3.05, 3.63) is 80.1 Å². The summed E-state index contributed by atoms with van der Waals surface area (Å²) in [5, 5.41) is 4.94. The number of nitrogens with zero attached hydrogens (tertiary/aromatic N) is 4. The van der Waals surface area contributed by atoms with Gasteiger partial charge in [-0.25, -0.2) is 23.3 Å². The van der Waals surface area contributed by atoms with Crippen molar-refractivity contribution in [3.63, 3.8) is 0 Å². The second kappa shape index (κ2) is 11.1. The molecule has 0 spiro atoms. The third kappa shape index (κ3) is 5.84. The highest BCUT2D eigenvalue weighted by Crippen LogP contribution is 2.42. The van der Waals surface area contributed by atoms with Crippen LogP contribution in [0.25, 0.3) is 22.2 Å². The first-order valence-electron chi connectivity index (χ1n) is 12.3. The second-order valence-corrected chi connectivity index (χ2v) is 9.26. The summed E-state index contributed by atoms with van der Waals surface area (Å²) in [6.07, 6.45) is 1.46. The summed E-state index contributed by atoms with van der Waals surface area (Å²) in [7, 11) is 0. The lowest BCUT2D eigenvalue weighted by atomic mass is 10.0. The lowest BCUT2D eigenvalue weighted by Gasteiger charge is -2.11. The molecule has 14 heteroatoms. The monoisotopic (exact) mass is 566 g/mol. The Labute approximate surface area is 222 Å². The van der Waals surface area contributed by atoms with Gasteiger partial charge in [0.15, 0.2) is 0 Å². The van der Waals surface area contributed by atoms with E-state index >= 15 is 0 Å². The van der Waals surface area contributed by atoms with Crippen molar-refractivity contribution >= 4 is 16.6 Å². The number of aryl methyl sites for hydroxylation is 2. The van der Waals surface area contributed by atoms with E-state index in [1.807, 2.05) is 0 Å². The fraction of sp³-hybridized carbons (Fsp3) is 0.346. The topological polar surface area (TPSA) is 120 Å². The number of rotatable bonds is 5. The van der Waals surface area contributed by atoms with Crippen molar-refractivity contribution in [1.29, 1.82) is 0 Å². The maximum absolute atomic E-state index is 14.8. The lowest BCUT2D eigenvalue weighted by Crippen LogP contribution is -2.24. The Balaban J connectivity index is 0.000000259. The Hall–Kier alpha value is -4.23. The molecule has 5 rings (SSSR count). The minimum Gasteiger partial charge on any atom is -0.397 e. The minimum absolute atomic E-state index is 0.0921. The van der Waals surface area contributed by atoms with Crippen LogP contribution >= 0.6 is 0 Å². The van der Waals surface area contributed by atoms with E-state index in [4.69, 9.17) is 5.73 Å². The second-order valence-electron chi connectivity index (χ2n) is 9.26. The molecule has 0 amide bonds. The fourth-order valence-corrected chi connectivity index (χ4v) is 4.38. The third-order valence-corrected chi connectivity index (χ3v) is 6.45. The van der Waals surface area contributed by atoms with Crippen molar-refractivity contribution in [1.82, 2.24) is 24.7 Å². The summed E-state index contributed by atoms with van der Waals surface area (Å²) in [4.78, 5) is 31.5. The van der Waals surface area contributed by atoms with Gasteiger partial charge in [0.25, 0.3) is 17.0 Å². The van der Waals surface area contributed by atoms with Gasteiger partial charge in [-0.1, -0.05) is 19.8 Å². The number of nitrogens with one attached hydrogen (secondary N) is 1. The standard InChI is InChI=1S/C21H20F3N3O.C5H4F3N3O/c1-2-3-4-7-27-12-26-19-10-14(17(22)9-15(19)20(27)28)18-8-13-5-6-21(23,24)16(13)11-25-18;6-5(7,8)3-2(9)1-10-11-4(3)12/h8-12H,2-7H2,1H3;1H,(H3,9,11,12). The van der Waals surface area contributed by atoms with E-state index in [-0.39, 0.29) is 40.6 Å². The van der Waals surface area contributed by atoms with Gasteiger partial charge in [0.05, 0.1) is 34.8 Å². The highest BCUT2D eigenvalue weighted by Gasteiger charge is 2.39. The molecule has 0 radical (unpaired) electrons. The van der Waals surface area contributed by atoms with Gasteiger partial charge in [0, 0.05) is 30.3 Å². The predicted molar refractivity (Wildman–Crippen MR) is 135 cm³/mol. The molecule has 3 aromatic heterocycles. The summed E-state index contributed by atoms with van der Waals surface area (Å²) in [6, 6.07) is 4.14. The van der Waals surface area contributed by atoms with E-state index in [1.54, 1.807) is 5.10 Å². The van der Waals surface area contributed by atoms with Gasteiger partial charge in [-0.15, -0.1) is 0 Å². The molecule has 0 unspecified atom stereocenters. The number of halogens is 6. The molecule has 0 saturated carbocycles. The van der Waals surface area contributed by atoms with Crippen LogP contribution in [-0.4, -0.2) is 24.7 Å². The summed E-state index contributed by atoms with van der Waals surface area (Å²) in [5.41, 5.74) is 2.38. The van der Waals surface area contributed by atoms with E-state index in [9.17, 15) is 35.9 Å². The molecule has 40 heavy (non-hydrogen) atoms. The van der Waals surface area contributed by atoms with Gasteiger partial charge in [-0.05, 0) is 36.6 Å². The Morgan fingerprint density at radius 2 is 1.85 bits per heavy atom. The third-order valence-electron chi connectivity index (χ3n) is 6.45. The molecule has 1 aromatic carbocycles. The number of H-pyrrole nitrogens is 1. The number of aromatic nitrogens is 5. The zero-order valence-corrected chi connectivity index (χ0v) is 21.2. The molecule has 0 fully saturated rings. The van der Waals surface area contributed by atoms with E-state index in [0.717, 1.165) is 31.7 Å². The molecule has 0 saturated heterocycles. The maximum atomic E-state index is 14.8. The van der Waals surface area contributed by atoms with Gasteiger partial charge >= 0.3 is 6.18 Å². The van der Waals surface area contributed by atoms with Crippen LogP contribution in [0.15, 0.2) is 46.5 Å². The molecule has 0 atom stereocenters. The highest BCUT2D eigenvalue weighted by molar-refractivity contribution is 5.83. The lowest BCUT2D eigenvalue weighted by molar-refractivity contribution is -0.138. The summed E-state index contributed by atoms with van der Waals surface area (Å²) < 4.78 is 79.8. The van der Waals surface area contributed by atoms with Gasteiger partial charge in [0.2, 0.25) is 0 Å². The molecular weight excluding hydrogens is 542 g/mol. The van der Waals surface area contributed by atoms with Crippen molar-refractivity contribution in [2.24, 2.45) is 0 Å². The van der Waals surface area contributed by atoms with E-state index in [2.05, 4.69) is 22.0 Å². The van der Waals surface area contributed by atoms with Crippen LogP contribution in [0.4, 0.5) is 32.0 Å². The van der Waals surface area contributed by atoms with Crippen molar-refractivity contribution in [2.45, 2.75) is 57.7 Å². The maximum Gasteiger partial charge on any atom is 0.423 e. The average molecular weight is 567 g/mol. The first-order chi connectivity index (χ1) is 18.8. The fourth-order valence-electron chi connectivity index (χ4n) is 4.38. The Morgan fingerprint density at radius 1 is 1.10 bits per heavy atom. The number of hydrogen-bond acceptors (Lipinski definition) is 6. The molecule has 4 aromatic rings. The number of pyridine rings is 1. The number of nitrogens with two attached hydrogens (primary N) is 1. The molecule has 1 aliphatic carbocycles. The van der Waals surface area contributed by atoms with Gasteiger partial charge < -0.3 is 5.73 Å². The van der Waals surface area contributed by atoms with Gasteiger partial charge in [0.1, 0.15) is 11.4 Å². The van der Waals surface area contributed by atoms with Crippen LogP contribution < -0.4 is 16.9 Å². The number of nitrogen functional groups attached to an aromatic ring is 1.